The first-order valence-corrected chi connectivity index (χ1v) is 9.89. The van der Waals surface area contributed by atoms with E-state index in [0.29, 0.717) is 24.2 Å². The van der Waals surface area contributed by atoms with Crippen LogP contribution in [-0.2, 0) is 16.1 Å². The van der Waals surface area contributed by atoms with Crippen molar-refractivity contribution >= 4 is 38.8 Å². The maximum absolute atomic E-state index is 12.2. The van der Waals surface area contributed by atoms with Gasteiger partial charge in [0.1, 0.15) is 12.6 Å². The van der Waals surface area contributed by atoms with Crippen molar-refractivity contribution in [2.24, 2.45) is 0 Å². The summed E-state index contributed by atoms with van der Waals surface area (Å²) in [6.45, 7) is 9.34. The standard InChI is InChI=1S/C20H24BrN3O4/c1-13(2)10-22-5-7-23(8-6-22)19(20(27)28)16-11-24(12-18(25)26)17-4-3-14(21)9-15(16)17/h3-4,9,11,19H,1,5-8,10,12H2,2H3,(H,25,26)(H,27,28). The summed E-state index contributed by atoms with van der Waals surface area (Å²) in [6.07, 6.45) is 1.67. The number of carboxylic acid groups (broad SMARTS) is 2. The molecule has 7 nitrogen and oxygen atoms in total. The number of hydrogen-bond acceptors (Lipinski definition) is 4. The average molecular weight is 450 g/mol. The first-order chi connectivity index (χ1) is 13.3. The Balaban J connectivity index is 1.95. The van der Waals surface area contributed by atoms with E-state index in [0.717, 1.165) is 35.1 Å². The zero-order valence-electron chi connectivity index (χ0n) is 15.8. The van der Waals surface area contributed by atoms with Gasteiger partial charge < -0.3 is 14.8 Å². The van der Waals surface area contributed by atoms with Crippen LogP contribution in [0.25, 0.3) is 10.9 Å². The van der Waals surface area contributed by atoms with E-state index in [9.17, 15) is 19.8 Å². The summed E-state index contributed by atoms with van der Waals surface area (Å²) in [5.74, 6) is -1.89. The van der Waals surface area contributed by atoms with E-state index < -0.39 is 18.0 Å². The number of aliphatic carboxylic acids is 2. The molecular formula is C20H24BrN3O4. The number of hydrogen-bond donors (Lipinski definition) is 2. The number of halogens is 1. The van der Waals surface area contributed by atoms with Gasteiger partial charge in [-0.15, -0.1) is 0 Å². The largest absolute Gasteiger partial charge is 0.480 e. The van der Waals surface area contributed by atoms with E-state index >= 15 is 0 Å². The minimum atomic E-state index is -0.966. The molecule has 1 aromatic heterocycles. The fourth-order valence-electron chi connectivity index (χ4n) is 3.84. The van der Waals surface area contributed by atoms with E-state index in [-0.39, 0.29) is 6.54 Å². The van der Waals surface area contributed by atoms with Crippen LogP contribution in [0.15, 0.2) is 41.0 Å². The second kappa shape index (κ2) is 8.46. The number of carbonyl (C=O) groups is 2. The quantitative estimate of drug-likeness (QED) is 0.632. The van der Waals surface area contributed by atoms with Gasteiger partial charge in [-0.1, -0.05) is 28.1 Å². The third kappa shape index (κ3) is 4.45. The lowest BCUT2D eigenvalue weighted by atomic mass is 10.0. The lowest BCUT2D eigenvalue weighted by Crippen LogP contribution is -2.49. The number of nitrogens with zero attached hydrogens (tertiary/aromatic N) is 3. The summed E-state index contributed by atoms with van der Waals surface area (Å²) in [5, 5.41) is 20.0. The highest BCUT2D eigenvalue weighted by atomic mass is 79.9. The monoisotopic (exact) mass is 449 g/mol. The molecule has 1 aliphatic heterocycles. The lowest BCUT2D eigenvalue weighted by Gasteiger charge is -2.37. The molecule has 0 radical (unpaired) electrons. The molecule has 1 aromatic carbocycles. The van der Waals surface area contributed by atoms with E-state index in [2.05, 4.69) is 27.4 Å². The molecule has 3 rings (SSSR count). The number of benzene rings is 1. The zero-order chi connectivity index (χ0) is 20.4. The van der Waals surface area contributed by atoms with Crippen LogP contribution in [0.1, 0.15) is 18.5 Å². The van der Waals surface area contributed by atoms with Crippen molar-refractivity contribution in [2.75, 3.05) is 32.7 Å². The van der Waals surface area contributed by atoms with Crippen LogP contribution in [0.2, 0.25) is 0 Å². The molecular weight excluding hydrogens is 426 g/mol. The van der Waals surface area contributed by atoms with Gasteiger partial charge in [-0.25, -0.2) is 0 Å². The third-order valence-corrected chi connectivity index (χ3v) is 5.47. The summed E-state index contributed by atoms with van der Waals surface area (Å²) in [4.78, 5) is 27.7. The summed E-state index contributed by atoms with van der Waals surface area (Å²) in [6, 6.07) is 4.68. The first-order valence-electron chi connectivity index (χ1n) is 9.10. The second-order valence-electron chi connectivity index (χ2n) is 7.28. The molecule has 1 aliphatic rings. The van der Waals surface area contributed by atoms with Crippen LogP contribution in [0.4, 0.5) is 0 Å². The van der Waals surface area contributed by atoms with Crippen molar-refractivity contribution in [3.05, 3.63) is 46.6 Å². The van der Waals surface area contributed by atoms with Crippen LogP contribution >= 0.6 is 15.9 Å². The molecule has 0 saturated carbocycles. The van der Waals surface area contributed by atoms with Gasteiger partial charge in [-0.05, 0) is 25.1 Å². The Labute approximate surface area is 172 Å². The summed E-state index contributed by atoms with van der Waals surface area (Å²) >= 11 is 3.44. The molecule has 0 bridgehead atoms. The van der Waals surface area contributed by atoms with Gasteiger partial charge in [-0.3, -0.25) is 19.4 Å². The predicted octanol–water partition coefficient (Wildman–Crippen LogP) is 2.81. The lowest BCUT2D eigenvalue weighted by molar-refractivity contribution is -0.144. The van der Waals surface area contributed by atoms with Crippen molar-refractivity contribution in [1.82, 2.24) is 14.4 Å². The summed E-state index contributed by atoms with van der Waals surface area (Å²) < 4.78 is 2.43. The van der Waals surface area contributed by atoms with Crippen molar-refractivity contribution in [2.45, 2.75) is 19.5 Å². The van der Waals surface area contributed by atoms with Crippen LogP contribution < -0.4 is 0 Å². The Morgan fingerprint density at radius 1 is 1.18 bits per heavy atom. The van der Waals surface area contributed by atoms with Gasteiger partial charge in [0, 0.05) is 59.9 Å². The van der Waals surface area contributed by atoms with Gasteiger partial charge in [0.25, 0.3) is 0 Å². The number of rotatable bonds is 7. The second-order valence-corrected chi connectivity index (χ2v) is 8.19. The van der Waals surface area contributed by atoms with Crippen molar-refractivity contribution in [1.29, 1.82) is 0 Å². The Hall–Kier alpha value is -2.16. The molecule has 2 heterocycles. The maximum Gasteiger partial charge on any atom is 0.325 e. The minimum Gasteiger partial charge on any atom is -0.480 e. The molecule has 0 amide bonds. The van der Waals surface area contributed by atoms with Crippen molar-refractivity contribution < 1.29 is 19.8 Å². The molecule has 2 N–H and O–H groups in total. The Bertz CT molecular complexity index is 916. The van der Waals surface area contributed by atoms with Crippen molar-refractivity contribution in [3.63, 3.8) is 0 Å². The van der Waals surface area contributed by atoms with Crippen LogP contribution in [-0.4, -0.2) is 69.2 Å². The normalized spacial score (nSPS) is 16.9. The molecule has 2 aromatic rings. The molecule has 1 saturated heterocycles. The van der Waals surface area contributed by atoms with Crippen molar-refractivity contribution in [3.8, 4) is 0 Å². The number of aromatic nitrogens is 1. The molecule has 8 heteroatoms. The fraction of sp³-hybridized carbons (Fsp3) is 0.400. The van der Waals surface area contributed by atoms with Crippen LogP contribution in [0.3, 0.4) is 0 Å². The number of carboxylic acids is 2. The van der Waals surface area contributed by atoms with E-state index in [4.69, 9.17) is 0 Å². The Morgan fingerprint density at radius 3 is 2.43 bits per heavy atom. The molecule has 0 aliphatic carbocycles. The maximum atomic E-state index is 12.2. The minimum absolute atomic E-state index is 0.211. The highest BCUT2D eigenvalue weighted by molar-refractivity contribution is 9.10. The number of fused-ring (bicyclic) bond motifs is 1. The average Bonchev–Trinajstić information content (AvgIpc) is 2.92. The third-order valence-electron chi connectivity index (χ3n) is 4.97. The van der Waals surface area contributed by atoms with E-state index in [1.807, 2.05) is 30.0 Å². The van der Waals surface area contributed by atoms with Crippen LogP contribution in [0.5, 0.6) is 0 Å². The van der Waals surface area contributed by atoms with Crippen LogP contribution in [0, 0.1) is 0 Å². The van der Waals surface area contributed by atoms with Gasteiger partial charge >= 0.3 is 11.9 Å². The fourth-order valence-corrected chi connectivity index (χ4v) is 4.20. The number of piperazine rings is 1. The molecule has 28 heavy (non-hydrogen) atoms. The highest BCUT2D eigenvalue weighted by Gasteiger charge is 2.32. The van der Waals surface area contributed by atoms with E-state index in [1.54, 1.807) is 10.8 Å². The van der Waals surface area contributed by atoms with Gasteiger partial charge in [0.2, 0.25) is 0 Å². The van der Waals surface area contributed by atoms with Gasteiger partial charge in [-0.2, -0.15) is 0 Å². The predicted molar refractivity (Wildman–Crippen MR) is 110 cm³/mol. The topological polar surface area (TPSA) is 86.0 Å². The SMILES string of the molecule is C=C(C)CN1CCN(C(C(=O)O)c2cn(CC(=O)O)c3ccc(Br)cc23)CC1. The molecule has 150 valence electrons. The smallest absolute Gasteiger partial charge is 0.325 e. The first kappa shape index (κ1) is 20.6. The molecule has 1 fully saturated rings. The molecule has 0 spiro atoms. The Morgan fingerprint density at radius 2 is 1.86 bits per heavy atom. The van der Waals surface area contributed by atoms with E-state index in [1.165, 1.54) is 0 Å². The Kier molecular flexibility index (Phi) is 6.22. The molecule has 1 unspecified atom stereocenters. The molecule has 1 atom stereocenters. The highest BCUT2D eigenvalue weighted by Crippen LogP contribution is 2.33. The summed E-state index contributed by atoms with van der Waals surface area (Å²) in [5.41, 5.74) is 2.43. The van der Waals surface area contributed by atoms with Gasteiger partial charge in [0.15, 0.2) is 0 Å². The summed E-state index contributed by atoms with van der Waals surface area (Å²) in [7, 11) is 0. The van der Waals surface area contributed by atoms with Gasteiger partial charge in [0.05, 0.1) is 0 Å². The zero-order valence-corrected chi connectivity index (χ0v) is 17.4.